The molecule has 0 saturated heterocycles. The molecule has 0 aliphatic heterocycles. The first-order valence-electron chi connectivity index (χ1n) is 7.72. The van der Waals surface area contributed by atoms with Crippen LogP contribution in [0.5, 0.6) is 0 Å². The summed E-state index contributed by atoms with van der Waals surface area (Å²) in [6.45, 7) is 4.25. The van der Waals surface area contributed by atoms with Crippen LogP contribution in [-0.2, 0) is 19.1 Å². The van der Waals surface area contributed by atoms with Gasteiger partial charge in [0, 0.05) is 5.70 Å². The monoisotopic (exact) mass is 326 g/mol. The number of nitrogens with two attached hydrogens (primary N) is 1. The molecule has 1 fully saturated rings. The Kier molecular flexibility index (Phi) is 6.75. The number of hydrogen-bond acceptors (Lipinski definition) is 6. The van der Waals surface area contributed by atoms with Gasteiger partial charge in [0.05, 0.1) is 19.6 Å². The summed E-state index contributed by atoms with van der Waals surface area (Å²) in [6.07, 6.45) is 4.49. The molecule has 1 saturated carbocycles. The molecule has 0 bridgehead atoms. The summed E-state index contributed by atoms with van der Waals surface area (Å²) in [7, 11) is 1.25. The van der Waals surface area contributed by atoms with Gasteiger partial charge in [-0.3, -0.25) is 9.59 Å². The van der Waals surface area contributed by atoms with Gasteiger partial charge in [-0.1, -0.05) is 13.8 Å². The number of esters is 1. The van der Waals surface area contributed by atoms with Crippen LogP contribution in [-0.4, -0.2) is 42.5 Å². The number of carboxylic acids is 1. The fraction of sp³-hybridized carbons (Fsp3) is 0.688. The zero-order valence-electron chi connectivity index (χ0n) is 13.9. The van der Waals surface area contributed by atoms with E-state index in [4.69, 9.17) is 10.8 Å². The van der Waals surface area contributed by atoms with Gasteiger partial charge < -0.3 is 25.7 Å². The molecule has 1 aliphatic rings. The maximum Gasteiger partial charge on any atom is 0.326 e. The van der Waals surface area contributed by atoms with Crippen LogP contribution in [0.2, 0.25) is 0 Å². The van der Waals surface area contributed by atoms with Crippen molar-refractivity contribution in [1.82, 2.24) is 5.32 Å². The first-order valence-corrected chi connectivity index (χ1v) is 7.72. The van der Waals surface area contributed by atoms with E-state index in [9.17, 15) is 14.4 Å². The van der Waals surface area contributed by atoms with Crippen LogP contribution in [0.1, 0.15) is 39.5 Å². The largest absolute Gasteiger partial charge is 0.481 e. The molecule has 130 valence electrons. The van der Waals surface area contributed by atoms with E-state index in [0.717, 1.165) is 12.8 Å². The van der Waals surface area contributed by atoms with E-state index in [0.29, 0.717) is 24.3 Å². The lowest BCUT2D eigenvalue weighted by atomic mass is 9.87. The van der Waals surface area contributed by atoms with E-state index in [1.807, 2.05) is 0 Å². The number of ether oxygens (including phenoxy) is 1. The lowest BCUT2D eigenvalue weighted by Crippen LogP contribution is -2.36. The molecule has 0 aromatic rings. The molecule has 0 amide bonds. The zero-order chi connectivity index (χ0) is 17.6. The van der Waals surface area contributed by atoms with Crippen molar-refractivity contribution >= 4 is 18.2 Å². The van der Waals surface area contributed by atoms with Crippen LogP contribution in [0.15, 0.2) is 11.8 Å². The second-order valence-electron chi connectivity index (χ2n) is 6.42. The predicted octanol–water partition coefficient (Wildman–Crippen LogP) is 0.829. The second kappa shape index (κ2) is 8.10. The Bertz CT molecular complexity index is 483. The van der Waals surface area contributed by atoms with E-state index >= 15 is 0 Å². The highest BCUT2D eigenvalue weighted by molar-refractivity contribution is 5.78. The Balaban J connectivity index is 2.91. The number of allylic oxidation sites excluding steroid dienone is 1. The third-order valence-corrected chi connectivity index (χ3v) is 4.44. The van der Waals surface area contributed by atoms with Gasteiger partial charge >= 0.3 is 11.9 Å². The van der Waals surface area contributed by atoms with Crippen molar-refractivity contribution in [2.75, 3.05) is 7.11 Å². The fourth-order valence-electron chi connectivity index (χ4n) is 2.64. The normalized spacial score (nSPS) is 18.9. The number of nitrogens with one attached hydrogen (secondary N) is 1. The first kappa shape index (κ1) is 19.2. The van der Waals surface area contributed by atoms with Gasteiger partial charge in [0.2, 0.25) is 0 Å². The van der Waals surface area contributed by atoms with Gasteiger partial charge in [-0.2, -0.15) is 0 Å². The molecule has 0 spiro atoms. The third kappa shape index (κ3) is 5.67. The van der Waals surface area contributed by atoms with E-state index in [2.05, 4.69) is 23.9 Å². The summed E-state index contributed by atoms with van der Waals surface area (Å²) in [5.41, 5.74) is 6.50. The Morgan fingerprint density at radius 1 is 1.39 bits per heavy atom. The number of carbonyl (C=O) groups excluding carboxylic acids is 2. The lowest BCUT2D eigenvalue weighted by Gasteiger charge is -2.24. The molecule has 0 heterocycles. The van der Waals surface area contributed by atoms with Gasteiger partial charge in [0.1, 0.15) is 12.3 Å². The van der Waals surface area contributed by atoms with E-state index in [1.54, 1.807) is 0 Å². The number of carboxylic acid groups (broad SMARTS) is 1. The van der Waals surface area contributed by atoms with Crippen LogP contribution in [0.25, 0.3) is 0 Å². The minimum atomic E-state index is -1.07. The van der Waals surface area contributed by atoms with E-state index < -0.39 is 24.0 Å². The van der Waals surface area contributed by atoms with Crippen molar-refractivity contribution in [2.45, 2.75) is 51.6 Å². The third-order valence-electron chi connectivity index (χ3n) is 4.44. The van der Waals surface area contributed by atoms with E-state index in [-0.39, 0.29) is 11.8 Å². The smallest absolute Gasteiger partial charge is 0.326 e. The van der Waals surface area contributed by atoms with Crippen molar-refractivity contribution in [3.05, 3.63) is 11.8 Å². The molecule has 4 N–H and O–H groups in total. The number of aliphatic carboxylic acids is 1. The maximum absolute atomic E-state index is 11.5. The zero-order valence-corrected chi connectivity index (χ0v) is 13.9. The number of carbonyl (C=O) groups is 3. The molecular formula is C16H26N2O5. The number of hydrogen-bond donors (Lipinski definition) is 3. The average molecular weight is 326 g/mol. The summed E-state index contributed by atoms with van der Waals surface area (Å²) in [5, 5.41) is 11.8. The molecule has 23 heavy (non-hydrogen) atoms. The van der Waals surface area contributed by atoms with Gasteiger partial charge in [0.15, 0.2) is 0 Å². The van der Waals surface area contributed by atoms with Gasteiger partial charge in [-0.05, 0) is 36.7 Å². The Morgan fingerprint density at radius 3 is 2.39 bits per heavy atom. The quantitative estimate of drug-likeness (QED) is 0.402. The first-order chi connectivity index (χ1) is 10.7. The number of methoxy groups -OCH3 is 1. The van der Waals surface area contributed by atoms with Crippen molar-refractivity contribution in [2.24, 2.45) is 17.1 Å². The predicted molar refractivity (Wildman–Crippen MR) is 84.4 cm³/mol. The molecule has 1 unspecified atom stereocenters. The van der Waals surface area contributed by atoms with Gasteiger partial charge in [-0.25, -0.2) is 0 Å². The fourth-order valence-corrected chi connectivity index (χ4v) is 2.64. The minimum Gasteiger partial charge on any atom is -0.481 e. The van der Waals surface area contributed by atoms with E-state index in [1.165, 1.54) is 13.2 Å². The van der Waals surface area contributed by atoms with Crippen molar-refractivity contribution in [1.29, 1.82) is 0 Å². The highest BCUT2D eigenvalue weighted by atomic mass is 16.5. The van der Waals surface area contributed by atoms with Crippen LogP contribution in [0.4, 0.5) is 0 Å². The van der Waals surface area contributed by atoms with Crippen molar-refractivity contribution in [3.8, 4) is 0 Å². The van der Waals surface area contributed by atoms with Crippen LogP contribution < -0.4 is 11.1 Å². The van der Waals surface area contributed by atoms with Crippen LogP contribution >= 0.6 is 0 Å². The SMILES string of the molecule is COC(=O)C(N)C=C(CC1(C(C)C)CC1)N[C@@H](C=O)CC(=O)O. The van der Waals surface area contributed by atoms with Crippen molar-refractivity contribution < 1.29 is 24.2 Å². The molecule has 1 aliphatic carbocycles. The summed E-state index contributed by atoms with van der Waals surface area (Å²) in [4.78, 5) is 33.4. The average Bonchev–Trinajstić information content (AvgIpc) is 3.25. The second-order valence-corrected chi connectivity index (χ2v) is 6.42. The minimum absolute atomic E-state index is 0.116. The molecule has 0 aromatic carbocycles. The standard InChI is InChI=1S/C16H26N2O5/c1-10(2)16(4-5-16)8-11(6-13(17)15(22)23-3)18-12(9-19)7-14(20)21/h6,9-10,12-13,18H,4-5,7-8,17H2,1-3H3,(H,20,21)/t12-,13?/m1/s1. The highest BCUT2D eigenvalue weighted by Gasteiger charge is 2.45. The molecule has 7 nitrogen and oxygen atoms in total. The molecule has 7 heteroatoms. The molecular weight excluding hydrogens is 300 g/mol. The molecule has 0 radical (unpaired) electrons. The van der Waals surface area contributed by atoms with Crippen LogP contribution in [0.3, 0.4) is 0 Å². The van der Waals surface area contributed by atoms with Gasteiger partial charge in [0.25, 0.3) is 0 Å². The Labute approximate surface area is 136 Å². The molecule has 1 rings (SSSR count). The number of rotatable bonds is 10. The highest BCUT2D eigenvalue weighted by Crippen LogP contribution is 2.55. The van der Waals surface area contributed by atoms with Crippen LogP contribution in [0, 0.1) is 11.3 Å². The lowest BCUT2D eigenvalue weighted by molar-refractivity contribution is -0.141. The summed E-state index contributed by atoms with van der Waals surface area (Å²) in [5.74, 6) is -1.22. The Morgan fingerprint density at radius 2 is 2.00 bits per heavy atom. The Hall–Kier alpha value is -1.89. The topological polar surface area (TPSA) is 119 Å². The summed E-state index contributed by atoms with van der Waals surface area (Å²) >= 11 is 0. The van der Waals surface area contributed by atoms with Gasteiger partial charge in [-0.15, -0.1) is 0 Å². The maximum atomic E-state index is 11.5. The summed E-state index contributed by atoms with van der Waals surface area (Å²) < 4.78 is 4.60. The summed E-state index contributed by atoms with van der Waals surface area (Å²) in [6, 6.07) is -1.81. The van der Waals surface area contributed by atoms with Crippen molar-refractivity contribution in [3.63, 3.8) is 0 Å². The molecule has 0 aromatic heterocycles. The number of aldehydes is 1. The molecule has 2 atom stereocenters.